The third-order valence-corrected chi connectivity index (χ3v) is 5.28. The highest BCUT2D eigenvalue weighted by molar-refractivity contribution is 7.99. The second-order valence-corrected chi connectivity index (χ2v) is 7.11. The summed E-state index contributed by atoms with van der Waals surface area (Å²) in [6.07, 6.45) is 3.42. The van der Waals surface area contributed by atoms with E-state index < -0.39 is 0 Å². The van der Waals surface area contributed by atoms with Crippen LogP contribution in [0.5, 0.6) is 0 Å². The second-order valence-electron chi connectivity index (χ2n) is 4.67. The van der Waals surface area contributed by atoms with E-state index in [-0.39, 0.29) is 11.9 Å². The Hall–Kier alpha value is -0.320. The van der Waals surface area contributed by atoms with Crippen molar-refractivity contribution in [3.8, 4) is 0 Å². The number of hydrogen-bond acceptors (Lipinski definition) is 3. The van der Waals surface area contributed by atoms with Crippen LogP contribution >= 0.6 is 36.0 Å². The van der Waals surface area contributed by atoms with E-state index in [0.717, 1.165) is 17.1 Å². The lowest BCUT2D eigenvalue weighted by molar-refractivity contribution is 0.0938. The number of rotatable bonds is 4. The van der Waals surface area contributed by atoms with Gasteiger partial charge < -0.3 is 5.32 Å². The number of carbonyl (C=O) groups is 1. The van der Waals surface area contributed by atoms with Gasteiger partial charge >= 0.3 is 0 Å². The van der Waals surface area contributed by atoms with Crippen molar-refractivity contribution in [1.29, 1.82) is 0 Å². The van der Waals surface area contributed by atoms with Crippen LogP contribution in [-0.4, -0.2) is 23.0 Å². The van der Waals surface area contributed by atoms with Gasteiger partial charge in [0.25, 0.3) is 5.91 Å². The molecule has 1 aliphatic rings. The Bertz CT molecular complexity index is 467. The van der Waals surface area contributed by atoms with Crippen molar-refractivity contribution in [2.75, 3.05) is 5.75 Å². The van der Waals surface area contributed by atoms with Crippen molar-refractivity contribution >= 4 is 41.9 Å². The lowest BCUT2D eigenvalue weighted by Gasteiger charge is -2.20. The third kappa shape index (κ3) is 3.83. The zero-order chi connectivity index (χ0) is 13.8. The molecule has 1 saturated carbocycles. The summed E-state index contributed by atoms with van der Waals surface area (Å²) in [5.41, 5.74) is 0.515. The summed E-state index contributed by atoms with van der Waals surface area (Å²) in [6.45, 7) is 2.16. The van der Waals surface area contributed by atoms with E-state index >= 15 is 0 Å². The van der Waals surface area contributed by atoms with E-state index in [1.54, 1.807) is 18.2 Å². The van der Waals surface area contributed by atoms with Crippen LogP contribution in [0, 0.1) is 0 Å². The van der Waals surface area contributed by atoms with Crippen molar-refractivity contribution in [3.63, 3.8) is 0 Å². The van der Waals surface area contributed by atoms with E-state index in [4.69, 9.17) is 11.6 Å². The maximum Gasteiger partial charge on any atom is 0.253 e. The summed E-state index contributed by atoms with van der Waals surface area (Å²) in [4.78, 5) is 13.0. The number of amides is 1. The predicted molar refractivity (Wildman–Crippen MR) is 85.7 cm³/mol. The van der Waals surface area contributed by atoms with Gasteiger partial charge in [-0.3, -0.25) is 4.79 Å². The third-order valence-electron chi connectivity index (χ3n) is 3.34. The van der Waals surface area contributed by atoms with E-state index in [9.17, 15) is 4.79 Å². The molecule has 2 rings (SSSR count). The SMILES string of the molecule is CCSC1CCCC1NC(=O)c1cc(S)ccc1Cl. The van der Waals surface area contributed by atoms with E-state index in [0.29, 0.717) is 15.8 Å². The number of hydrogen-bond donors (Lipinski definition) is 2. The summed E-state index contributed by atoms with van der Waals surface area (Å²) in [7, 11) is 0. The molecule has 0 aromatic heterocycles. The van der Waals surface area contributed by atoms with Crippen molar-refractivity contribution in [1.82, 2.24) is 5.32 Å². The Morgan fingerprint density at radius 1 is 1.53 bits per heavy atom. The van der Waals surface area contributed by atoms with Crippen molar-refractivity contribution in [2.45, 2.75) is 42.4 Å². The minimum absolute atomic E-state index is 0.0884. The van der Waals surface area contributed by atoms with Gasteiger partial charge in [0.2, 0.25) is 0 Å². The largest absolute Gasteiger partial charge is 0.348 e. The molecule has 0 aliphatic heterocycles. The van der Waals surface area contributed by atoms with Crippen molar-refractivity contribution in [2.24, 2.45) is 0 Å². The quantitative estimate of drug-likeness (QED) is 0.821. The van der Waals surface area contributed by atoms with Gasteiger partial charge in [-0.2, -0.15) is 11.8 Å². The molecule has 2 unspecified atom stereocenters. The molecular formula is C14H18ClNOS2. The molecule has 0 saturated heterocycles. The highest BCUT2D eigenvalue weighted by Gasteiger charge is 2.29. The van der Waals surface area contributed by atoms with Gasteiger partial charge in [0, 0.05) is 16.2 Å². The molecule has 2 nitrogen and oxygen atoms in total. The van der Waals surface area contributed by atoms with Crippen LogP contribution in [-0.2, 0) is 0 Å². The Morgan fingerprint density at radius 3 is 3.05 bits per heavy atom. The lowest BCUT2D eigenvalue weighted by atomic mass is 10.1. The van der Waals surface area contributed by atoms with Gasteiger partial charge in [-0.1, -0.05) is 24.9 Å². The first-order valence-corrected chi connectivity index (χ1v) is 8.40. The first kappa shape index (κ1) is 15.1. The van der Waals surface area contributed by atoms with Crippen LogP contribution in [0.25, 0.3) is 0 Å². The molecule has 1 amide bonds. The fourth-order valence-corrected chi connectivity index (χ4v) is 4.04. The van der Waals surface area contributed by atoms with Crippen LogP contribution < -0.4 is 5.32 Å². The molecule has 2 atom stereocenters. The summed E-state index contributed by atoms with van der Waals surface area (Å²) in [6, 6.07) is 5.48. The van der Waals surface area contributed by atoms with Crippen LogP contribution in [0.3, 0.4) is 0 Å². The number of carbonyl (C=O) groups excluding carboxylic acids is 1. The predicted octanol–water partition coefficient (Wildman–Crippen LogP) is 4.03. The fourth-order valence-electron chi connectivity index (χ4n) is 2.44. The van der Waals surface area contributed by atoms with Crippen LogP contribution in [0.4, 0.5) is 0 Å². The second kappa shape index (κ2) is 6.91. The molecule has 1 aliphatic carbocycles. The Morgan fingerprint density at radius 2 is 2.32 bits per heavy atom. The molecule has 19 heavy (non-hydrogen) atoms. The maximum absolute atomic E-state index is 12.3. The monoisotopic (exact) mass is 315 g/mol. The van der Waals surface area contributed by atoms with Gasteiger partial charge in [-0.25, -0.2) is 0 Å². The highest BCUT2D eigenvalue weighted by Crippen LogP contribution is 2.30. The molecule has 0 bridgehead atoms. The smallest absolute Gasteiger partial charge is 0.253 e. The zero-order valence-corrected chi connectivity index (χ0v) is 13.3. The molecule has 1 N–H and O–H groups in total. The Kier molecular flexibility index (Phi) is 5.48. The van der Waals surface area contributed by atoms with Crippen LogP contribution in [0.15, 0.2) is 23.1 Å². The van der Waals surface area contributed by atoms with Gasteiger partial charge in [-0.05, 0) is 36.8 Å². The molecule has 0 heterocycles. The number of benzene rings is 1. The summed E-state index contributed by atoms with van der Waals surface area (Å²) in [5.74, 6) is 0.999. The molecule has 5 heteroatoms. The molecule has 0 spiro atoms. The number of halogens is 1. The minimum atomic E-state index is -0.0884. The topological polar surface area (TPSA) is 29.1 Å². The number of thiol groups is 1. The van der Waals surface area contributed by atoms with Gasteiger partial charge in [-0.15, -0.1) is 12.6 Å². The number of nitrogens with one attached hydrogen (secondary N) is 1. The van der Waals surface area contributed by atoms with E-state index in [1.807, 2.05) is 11.8 Å². The lowest BCUT2D eigenvalue weighted by Crippen LogP contribution is -2.38. The first-order valence-electron chi connectivity index (χ1n) is 6.52. The Labute approximate surface area is 129 Å². The zero-order valence-electron chi connectivity index (χ0n) is 10.9. The van der Waals surface area contributed by atoms with E-state index in [1.165, 1.54) is 12.8 Å². The first-order chi connectivity index (χ1) is 9.11. The molecule has 1 fully saturated rings. The van der Waals surface area contributed by atoms with Gasteiger partial charge in [0.05, 0.1) is 10.6 Å². The van der Waals surface area contributed by atoms with Crippen LogP contribution in [0.1, 0.15) is 36.5 Å². The Balaban J connectivity index is 2.06. The molecule has 1 aromatic carbocycles. The highest BCUT2D eigenvalue weighted by atomic mass is 35.5. The van der Waals surface area contributed by atoms with Crippen molar-refractivity contribution in [3.05, 3.63) is 28.8 Å². The van der Waals surface area contributed by atoms with Crippen LogP contribution in [0.2, 0.25) is 5.02 Å². The summed E-state index contributed by atoms with van der Waals surface area (Å²) < 4.78 is 0. The summed E-state index contributed by atoms with van der Waals surface area (Å²) >= 11 is 12.3. The molecule has 0 radical (unpaired) electrons. The summed E-state index contributed by atoms with van der Waals surface area (Å²) in [5, 5.41) is 4.13. The normalized spacial score (nSPS) is 22.5. The number of thioether (sulfide) groups is 1. The molecule has 104 valence electrons. The molecule has 1 aromatic rings. The fraction of sp³-hybridized carbons (Fsp3) is 0.500. The standard InChI is InChI=1S/C14H18ClNOS2/c1-2-19-13-5-3-4-12(13)16-14(17)10-8-9(18)6-7-11(10)15/h6-8,12-13,18H,2-5H2,1H3,(H,16,17). The van der Waals surface area contributed by atoms with Crippen molar-refractivity contribution < 1.29 is 4.79 Å². The van der Waals surface area contributed by atoms with Gasteiger partial charge in [0.15, 0.2) is 0 Å². The van der Waals surface area contributed by atoms with E-state index in [2.05, 4.69) is 24.9 Å². The maximum atomic E-state index is 12.3. The minimum Gasteiger partial charge on any atom is -0.348 e. The average Bonchev–Trinajstić information content (AvgIpc) is 2.80. The van der Waals surface area contributed by atoms with Gasteiger partial charge in [0.1, 0.15) is 0 Å². The average molecular weight is 316 g/mol. The molecular weight excluding hydrogens is 298 g/mol.